The van der Waals surface area contributed by atoms with E-state index in [1.807, 2.05) is 33.8 Å². The summed E-state index contributed by atoms with van der Waals surface area (Å²) in [4.78, 5) is 11.8. The number of amides is 1. The average Bonchev–Trinajstić information content (AvgIpc) is 2.20. The Bertz CT molecular complexity index is 495. The first-order valence-electron chi connectivity index (χ1n) is 5.27. The van der Waals surface area contributed by atoms with Crippen molar-refractivity contribution < 1.29 is 4.79 Å². The summed E-state index contributed by atoms with van der Waals surface area (Å²) in [6.45, 7) is 7.33. The normalized spacial score (nSPS) is 10.8. The lowest BCUT2D eigenvalue weighted by molar-refractivity contribution is -0.123. The van der Waals surface area contributed by atoms with Crippen LogP contribution < -0.4 is 5.32 Å². The second-order valence-corrected chi connectivity index (χ2v) is 5.37. The molecule has 0 aliphatic heterocycles. The topological polar surface area (TPSA) is 52.9 Å². The van der Waals surface area contributed by atoms with Crippen molar-refractivity contribution in [3.05, 3.63) is 28.3 Å². The van der Waals surface area contributed by atoms with Crippen LogP contribution in [0.4, 0.5) is 5.69 Å². The summed E-state index contributed by atoms with van der Waals surface area (Å²) in [5.74, 6) is -0.0909. The van der Waals surface area contributed by atoms with Gasteiger partial charge in [-0.1, -0.05) is 32.4 Å². The Kier molecular flexibility index (Phi) is 3.79. The summed E-state index contributed by atoms with van der Waals surface area (Å²) in [5, 5.41) is 12.1. The first kappa shape index (κ1) is 13.5. The van der Waals surface area contributed by atoms with E-state index in [1.165, 1.54) is 0 Å². The zero-order chi connectivity index (χ0) is 13.2. The summed E-state index contributed by atoms with van der Waals surface area (Å²) >= 11 is 5.89. The lowest BCUT2D eigenvalue weighted by Gasteiger charge is -2.19. The number of hydrogen-bond acceptors (Lipinski definition) is 2. The van der Waals surface area contributed by atoms with Gasteiger partial charge in [-0.05, 0) is 24.6 Å². The van der Waals surface area contributed by atoms with Gasteiger partial charge in [0.05, 0.1) is 10.6 Å². The molecule has 0 radical (unpaired) electrons. The molecule has 0 heterocycles. The molecule has 1 aromatic rings. The Morgan fingerprint density at radius 3 is 2.47 bits per heavy atom. The van der Waals surface area contributed by atoms with Gasteiger partial charge in [-0.2, -0.15) is 5.26 Å². The van der Waals surface area contributed by atoms with Crippen LogP contribution in [0.15, 0.2) is 12.1 Å². The van der Waals surface area contributed by atoms with E-state index in [2.05, 4.69) is 5.32 Å². The molecule has 0 spiro atoms. The van der Waals surface area contributed by atoms with E-state index in [-0.39, 0.29) is 5.91 Å². The third kappa shape index (κ3) is 3.21. The van der Waals surface area contributed by atoms with Gasteiger partial charge in [-0.15, -0.1) is 0 Å². The summed E-state index contributed by atoms with van der Waals surface area (Å²) in [6.07, 6.45) is 0. The van der Waals surface area contributed by atoms with E-state index in [9.17, 15) is 4.79 Å². The van der Waals surface area contributed by atoms with Crippen molar-refractivity contribution in [2.24, 2.45) is 5.41 Å². The standard InChI is InChI=1S/C13H15ClN2O/c1-8-5-10(14)9(7-15)6-11(8)16-12(17)13(2,3)4/h5-6H,1-4H3,(H,16,17). The van der Waals surface area contributed by atoms with E-state index < -0.39 is 5.41 Å². The second kappa shape index (κ2) is 4.77. The number of aryl methyl sites for hydroxylation is 1. The van der Waals surface area contributed by atoms with E-state index in [0.717, 1.165) is 5.56 Å². The van der Waals surface area contributed by atoms with Gasteiger partial charge in [0.1, 0.15) is 6.07 Å². The largest absolute Gasteiger partial charge is 0.325 e. The van der Waals surface area contributed by atoms with Crippen LogP contribution in [0, 0.1) is 23.7 Å². The molecule has 1 N–H and O–H groups in total. The first-order chi connectivity index (χ1) is 7.75. The molecule has 4 heteroatoms. The van der Waals surface area contributed by atoms with Crippen LogP contribution in [0.25, 0.3) is 0 Å². The van der Waals surface area contributed by atoms with Crippen LogP contribution in [0.1, 0.15) is 31.9 Å². The van der Waals surface area contributed by atoms with Crippen LogP contribution in [-0.2, 0) is 4.79 Å². The van der Waals surface area contributed by atoms with Crippen molar-refractivity contribution in [1.82, 2.24) is 0 Å². The molecule has 0 atom stereocenters. The van der Waals surface area contributed by atoms with Gasteiger partial charge in [-0.3, -0.25) is 4.79 Å². The number of hydrogen-bond donors (Lipinski definition) is 1. The first-order valence-corrected chi connectivity index (χ1v) is 5.65. The van der Waals surface area contributed by atoms with Crippen molar-refractivity contribution in [3.8, 4) is 6.07 Å². The number of halogens is 1. The number of carbonyl (C=O) groups is 1. The summed E-state index contributed by atoms with van der Waals surface area (Å²) in [5.41, 5.74) is 1.36. The van der Waals surface area contributed by atoms with Crippen molar-refractivity contribution in [2.45, 2.75) is 27.7 Å². The Balaban J connectivity index is 3.09. The quantitative estimate of drug-likeness (QED) is 0.829. The summed E-state index contributed by atoms with van der Waals surface area (Å²) in [7, 11) is 0. The molecule has 0 saturated carbocycles. The Labute approximate surface area is 106 Å². The molecule has 0 saturated heterocycles. The fourth-order valence-corrected chi connectivity index (χ4v) is 1.46. The maximum atomic E-state index is 11.8. The number of nitrogens with one attached hydrogen (secondary N) is 1. The van der Waals surface area contributed by atoms with Crippen molar-refractivity contribution in [3.63, 3.8) is 0 Å². The lowest BCUT2D eigenvalue weighted by Crippen LogP contribution is -2.28. The Hall–Kier alpha value is -1.53. The van der Waals surface area contributed by atoms with Crippen LogP contribution in [-0.4, -0.2) is 5.91 Å². The highest BCUT2D eigenvalue weighted by Crippen LogP contribution is 2.26. The third-order valence-corrected chi connectivity index (χ3v) is 2.68. The van der Waals surface area contributed by atoms with Crippen LogP contribution in [0.3, 0.4) is 0 Å². The number of nitriles is 1. The van der Waals surface area contributed by atoms with Gasteiger partial charge in [0, 0.05) is 11.1 Å². The molecule has 0 bridgehead atoms. The monoisotopic (exact) mass is 250 g/mol. The van der Waals surface area contributed by atoms with Gasteiger partial charge in [-0.25, -0.2) is 0 Å². The zero-order valence-electron chi connectivity index (χ0n) is 10.4. The minimum atomic E-state index is -0.473. The van der Waals surface area contributed by atoms with Gasteiger partial charge < -0.3 is 5.32 Å². The van der Waals surface area contributed by atoms with Crippen LogP contribution in [0.5, 0.6) is 0 Å². The van der Waals surface area contributed by atoms with Crippen molar-refractivity contribution in [1.29, 1.82) is 5.26 Å². The molecule has 0 fully saturated rings. The zero-order valence-corrected chi connectivity index (χ0v) is 11.1. The Morgan fingerprint density at radius 2 is 2.00 bits per heavy atom. The molecule has 1 rings (SSSR count). The summed E-state index contributed by atoms with van der Waals surface area (Å²) in [6, 6.07) is 5.27. The summed E-state index contributed by atoms with van der Waals surface area (Å²) < 4.78 is 0. The molecule has 0 aromatic heterocycles. The predicted molar refractivity (Wildman–Crippen MR) is 69.0 cm³/mol. The van der Waals surface area contributed by atoms with Crippen LogP contribution >= 0.6 is 11.6 Å². The number of benzene rings is 1. The lowest BCUT2D eigenvalue weighted by atomic mass is 9.95. The maximum Gasteiger partial charge on any atom is 0.229 e. The highest BCUT2D eigenvalue weighted by molar-refractivity contribution is 6.32. The fraction of sp³-hybridized carbons (Fsp3) is 0.385. The highest BCUT2D eigenvalue weighted by Gasteiger charge is 2.22. The molecule has 0 aliphatic rings. The highest BCUT2D eigenvalue weighted by atomic mass is 35.5. The van der Waals surface area contributed by atoms with E-state index in [1.54, 1.807) is 12.1 Å². The van der Waals surface area contributed by atoms with Gasteiger partial charge in [0.2, 0.25) is 5.91 Å². The number of rotatable bonds is 1. The SMILES string of the molecule is Cc1cc(Cl)c(C#N)cc1NC(=O)C(C)(C)C. The smallest absolute Gasteiger partial charge is 0.229 e. The maximum absolute atomic E-state index is 11.8. The molecule has 3 nitrogen and oxygen atoms in total. The molecule has 0 unspecified atom stereocenters. The van der Waals surface area contributed by atoms with Gasteiger partial charge in [0.15, 0.2) is 0 Å². The molecular weight excluding hydrogens is 236 g/mol. The van der Waals surface area contributed by atoms with Gasteiger partial charge in [0.25, 0.3) is 0 Å². The average molecular weight is 251 g/mol. The third-order valence-electron chi connectivity index (χ3n) is 2.36. The molecule has 90 valence electrons. The van der Waals surface area contributed by atoms with E-state index >= 15 is 0 Å². The fourth-order valence-electron chi connectivity index (χ4n) is 1.20. The van der Waals surface area contributed by atoms with Crippen molar-refractivity contribution in [2.75, 3.05) is 5.32 Å². The van der Waals surface area contributed by atoms with Crippen molar-refractivity contribution >= 4 is 23.2 Å². The predicted octanol–water partition coefficient (Wildman–Crippen LogP) is 3.50. The Morgan fingerprint density at radius 1 is 1.41 bits per heavy atom. The van der Waals surface area contributed by atoms with Gasteiger partial charge >= 0.3 is 0 Å². The number of nitrogens with zero attached hydrogens (tertiary/aromatic N) is 1. The number of carbonyl (C=O) groups excluding carboxylic acids is 1. The number of anilines is 1. The second-order valence-electron chi connectivity index (χ2n) is 4.96. The molecule has 17 heavy (non-hydrogen) atoms. The van der Waals surface area contributed by atoms with E-state index in [4.69, 9.17) is 16.9 Å². The minimum Gasteiger partial charge on any atom is -0.325 e. The van der Waals surface area contributed by atoms with Crippen LogP contribution in [0.2, 0.25) is 5.02 Å². The molecule has 0 aliphatic carbocycles. The van der Waals surface area contributed by atoms with E-state index in [0.29, 0.717) is 16.3 Å². The minimum absolute atomic E-state index is 0.0909. The molecule has 1 aromatic carbocycles. The molecule has 1 amide bonds. The molecular formula is C13H15ClN2O.